The second-order valence-corrected chi connectivity index (χ2v) is 5.48. The van der Waals surface area contributed by atoms with Crippen molar-refractivity contribution in [2.45, 2.75) is 12.8 Å². The lowest BCUT2D eigenvalue weighted by Gasteiger charge is -2.13. The number of hydrogen-bond acceptors (Lipinski definition) is 4. The molecule has 0 aliphatic carbocycles. The van der Waals surface area contributed by atoms with Crippen LogP contribution in [-0.4, -0.2) is 45.3 Å². The molecular formula is C19H26N4O2. The highest BCUT2D eigenvalue weighted by atomic mass is 16.5. The van der Waals surface area contributed by atoms with Gasteiger partial charge in [0, 0.05) is 32.5 Å². The molecule has 0 radical (unpaired) electrons. The number of benzene rings is 1. The lowest BCUT2D eigenvalue weighted by molar-refractivity contribution is 0.354. The zero-order valence-corrected chi connectivity index (χ0v) is 15.1. The van der Waals surface area contributed by atoms with E-state index in [-0.39, 0.29) is 0 Å². The average Bonchev–Trinajstić information content (AvgIpc) is 2.67. The van der Waals surface area contributed by atoms with Gasteiger partial charge < -0.3 is 20.1 Å². The highest BCUT2D eigenvalue weighted by Crippen LogP contribution is 2.27. The fourth-order valence-corrected chi connectivity index (χ4v) is 2.45. The van der Waals surface area contributed by atoms with Crippen molar-refractivity contribution in [2.24, 2.45) is 4.99 Å². The SMILES string of the molecule is CN=C(NCCc1cccnc1)NCCc1ccc(OC)c(OC)c1. The maximum absolute atomic E-state index is 5.33. The normalized spacial score (nSPS) is 11.1. The molecule has 6 nitrogen and oxygen atoms in total. The van der Waals surface area contributed by atoms with Crippen molar-refractivity contribution in [3.8, 4) is 11.5 Å². The van der Waals surface area contributed by atoms with Crippen molar-refractivity contribution in [3.05, 3.63) is 53.9 Å². The molecule has 6 heteroatoms. The van der Waals surface area contributed by atoms with Gasteiger partial charge in [-0.1, -0.05) is 12.1 Å². The van der Waals surface area contributed by atoms with Crippen LogP contribution in [0.3, 0.4) is 0 Å². The molecule has 2 N–H and O–H groups in total. The molecule has 0 atom stereocenters. The van der Waals surface area contributed by atoms with Gasteiger partial charge >= 0.3 is 0 Å². The van der Waals surface area contributed by atoms with Gasteiger partial charge in [-0.25, -0.2) is 0 Å². The number of aliphatic imine (C=N–C) groups is 1. The minimum atomic E-state index is 0.743. The summed E-state index contributed by atoms with van der Waals surface area (Å²) in [6, 6.07) is 9.99. The van der Waals surface area contributed by atoms with E-state index in [1.165, 1.54) is 11.1 Å². The van der Waals surface area contributed by atoms with E-state index in [0.717, 1.165) is 43.4 Å². The number of hydrogen-bond donors (Lipinski definition) is 2. The van der Waals surface area contributed by atoms with Crippen LogP contribution in [0.15, 0.2) is 47.7 Å². The summed E-state index contributed by atoms with van der Waals surface area (Å²) in [7, 11) is 5.06. The molecule has 0 spiro atoms. The number of aromatic nitrogens is 1. The maximum Gasteiger partial charge on any atom is 0.190 e. The molecular weight excluding hydrogens is 316 g/mol. The molecule has 0 unspecified atom stereocenters. The Hall–Kier alpha value is -2.76. The van der Waals surface area contributed by atoms with Gasteiger partial charge in [0.2, 0.25) is 0 Å². The van der Waals surface area contributed by atoms with Gasteiger partial charge in [0.1, 0.15) is 0 Å². The van der Waals surface area contributed by atoms with E-state index in [9.17, 15) is 0 Å². The Morgan fingerprint density at radius 2 is 1.72 bits per heavy atom. The molecule has 0 saturated carbocycles. The molecule has 2 rings (SSSR count). The van der Waals surface area contributed by atoms with E-state index in [1.807, 2.05) is 30.5 Å². The van der Waals surface area contributed by atoms with Gasteiger partial charge in [-0.2, -0.15) is 0 Å². The fourth-order valence-electron chi connectivity index (χ4n) is 2.45. The molecule has 1 aromatic carbocycles. The zero-order chi connectivity index (χ0) is 17.9. The standard InChI is InChI=1S/C19H26N4O2/c1-20-19(23-12-9-16-5-4-10-21-14-16)22-11-8-15-6-7-17(24-2)18(13-15)25-3/h4-7,10,13-14H,8-9,11-12H2,1-3H3,(H2,20,22,23). The van der Waals surface area contributed by atoms with Crippen molar-refractivity contribution >= 4 is 5.96 Å². The third kappa shape index (κ3) is 5.99. The quantitative estimate of drug-likeness (QED) is 0.568. The van der Waals surface area contributed by atoms with Gasteiger partial charge in [-0.05, 0) is 42.2 Å². The molecule has 0 bridgehead atoms. The molecule has 134 valence electrons. The number of guanidine groups is 1. The van der Waals surface area contributed by atoms with E-state index in [1.54, 1.807) is 27.5 Å². The number of ether oxygens (including phenoxy) is 2. The molecule has 1 heterocycles. The van der Waals surface area contributed by atoms with Crippen molar-refractivity contribution in [1.29, 1.82) is 0 Å². The highest BCUT2D eigenvalue weighted by Gasteiger charge is 2.05. The Morgan fingerprint density at radius 3 is 2.32 bits per heavy atom. The first kappa shape index (κ1) is 18.6. The third-order valence-corrected chi connectivity index (χ3v) is 3.81. The summed E-state index contributed by atoms with van der Waals surface area (Å²) in [5.41, 5.74) is 2.38. The average molecular weight is 342 g/mol. The summed E-state index contributed by atoms with van der Waals surface area (Å²) in [6.07, 6.45) is 5.44. The maximum atomic E-state index is 5.33. The van der Waals surface area contributed by atoms with Gasteiger partial charge in [-0.15, -0.1) is 0 Å². The molecule has 1 aromatic heterocycles. The van der Waals surface area contributed by atoms with Crippen LogP contribution < -0.4 is 20.1 Å². The smallest absolute Gasteiger partial charge is 0.190 e. The van der Waals surface area contributed by atoms with Gasteiger partial charge in [0.25, 0.3) is 0 Å². The molecule has 25 heavy (non-hydrogen) atoms. The first-order valence-corrected chi connectivity index (χ1v) is 8.31. The predicted molar refractivity (Wildman–Crippen MR) is 101 cm³/mol. The second-order valence-electron chi connectivity index (χ2n) is 5.48. The lowest BCUT2D eigenvalue weighted by atomic mass is 10.1. The van der Waals surface area contributed by atoms with E-state index in [2.05, 4.69) is 26.7 Å². The summed E-state index contributed by atoms with van der Waals surface area (Å²) in [5, 5.41) is 6.63. The van der Waals surface area contributed by atoms with Crippen molar-refractivity contribution in [3.63, 3.8) is 0 Å². The lowest BCUT2D eigenvalue weighted by Crippen LogP contribution is -2.39. The second kappa shape index (κ2) is 10.2. The Kier molecular flexibility index (Phi) is 7.56. The van der Waals surface area contributed by atoms with Crippen LogP contribution in [0.5, 0.6) is 11.5 Å². The first-order chi connectivity index (χ1) is 12.3. The van der Waals surface area contributed by atoms with Crippen LogP contribution >= 0.6 is 0 Å². The van der Waals surface area contributed by atoms with Gasteiger partial charge in [0.05, 0.1) is 14.2 Å². The largest absolute Gasteiger partial charge is 0.493 e. The molecule has 0 saturated heterocycles. The fraction of sp³-hybridized carbons (Fsp3) is 0.368. The Bertz CT molecular complexity index is 674. The van der Waals surface area contributed by atoms with E-state index in [0.29, 0.717) is 0 Å². The molecule has 0 fully saturated rings. The van der Waals surface area contributed by atoms with E-state index >= 15 is 0 Å². The van der Waals surface area contributed by atoms with Crippen LogP contribution in [0.25, 0.3) is 0 Å². The minimum absolute atomic E-state index is 0.743. The Morgan fingerprint density at radius 1 is 1.00 bits per heavy atom. The Balaban J connectivity index is 1.75. The number of methoxy groups -OCH3 is 2. The van der Waals surface area contributed by atoms with Crippen LogP contribution in [0.2, 0.25) is 0 Å². The summed E-state index contributed by atoms with van der Waals surface area (Å²) in [6.45, 7) is 1.59. The molecule has 2 aromatic rings. The zero-order valence-electron chi connectivity index (χ0n) is 15.1. The van der Waals surface area contributed by atoms with Crippen molar-refractivity contribution in [2.75, 3.05) is 34.4 Å². The molecule has 0 aliphatic heterocycles. The number of pyridine rings is 1. The Labute approximate surface area is 149 Å². The monoisotopic (exact) mass is 342 g/mol. The van der Waals surface area contributed by atoms with Crippen LogP contribution in [-0.2, 0) is 12.8 Å². The van der Waals surface area contributed by atoms with Crippen molar-refractivity contribution < 1.29 is 9.47 Å². The summed E-state index contributed by atoms with van der Waals surface area (Å²) in [4.78, 5) is 8.37. The van der Waals surface area contributed by atoms with Gasteiger partial charge in [-0.3, -0.25) is 9.98 Å². The van der Waals surface area contributed by atoms with Crippen LogP contribution in [0.1, 0.15) is 11.1 Å². The summed E-state index contributed by atoms with van der Waals surface area (Å²) in [5.74, 6) is 2.29. The topological polar surface area (TPSA) is 67.8 Å². The van der Waals surface area contributed by atoms with Crippen LogP contribution in [0, 0.1) is 0 Å². The summed E-state index contributed by atoms with van der Waals surface area (Å²) >= 11 is 0. The van der Waals surface area contributed by atoms with Crippen molar-refractivity contribution in [1.82, 2.24) is 15.6 Å². The third-order valence-electron chi connectivity index (χ3n) is 3.81. The number of nitrogens with zero attached hydrogens (tertiary/aromatic N) is 2. The summed E-state index contributed by atoms with van der Waals surface area (Å²) < 4.78 is 10.6. The van der Waals surface area contributed by atoms with Crippen LogP contribution in [0.4, 0.5) is 0 Å². The van der Waals surface area contributed by atoms with E-state index < -0.39 is 0 Å². The van der Waals surface area contributed by atoms with Gasteiger partial charge in [0.15, 0.2) is 17.5 Å². The number of rotatable bonds is 8. The molecule has 0 amide bonds. The van der Waals surface area contributed by atoms with E-state index in [4.69, 9.17) is 9.47 Å². The number of nitrogens with one attached hydrogen (secondary N) is 2. The first-order valence-electron chi connectivity index (χ1n) is 8.31. The predicted octanol–water partition coefficient (Wildman–Crippen LogP) is 2.05. The highest BCUT2D eigenvalue weighted by molar-refractivity contribution is 5.79. The molecule has 0 aliphatic rings. The minimum Gasteiger partial charge on any atom is -0.493 e.